The van der Waals surface area contributed by atoms with Crippen molar-refractivity contribution in [3.8, 4) is 0 Å². The van der Waals surface area contributed by atoms with E-state index in [2.05, 4.69) is 9.97 Å². The third kappa shape index (κ3) is 1.39. The van der Waals surface area contributed by atoms with Crippen LogP contribution in [0.3, 0.4) is 0 Å². The van der Waals surface area contributed by atoms with Crippen LogP contribution in [-0.2, 0) is 0 Å². The molecule has 0 bridgehead atoms. The molecular weight excluding hydrogens is 218 g/mol. The second-order valence-corrected chi connectivity index (χ2v) is 3.25. The fourth-order valence-electron chi connectivity index (χ4n) is 1.37. The molecular formula is C10H6F2N2O2. The van der Waals surface area contributed by atoms with E-state index in [1.54, 1.807) is 0 Å². The zero-order valence-corrected chi connectivity index (χ0v) is 8.17. The molecule has 4 nitrogen and oxygen atoms in total. The Hall–Kier alpha value is -2.11. The summed E-state index contributed by atoms with van der Waals surface area (Å²) >= 11 is 0. The van der Waals surface area contributed by atoms with Gasteiger partial charge in [0.25, 0.3) is 5.56 Å². The van der Waals surface area contributed by atoms with E-state index in [1.165, 1.54) is 6.92 Å². The van der Waals surface area contributed by atoms with E-state index in [0.29, 0.717) is 0 Å². The molecule has 1 N–H and O–H groups in total. The molecule has 0 radical (unpaired) electrons. The quantitative estimate of drug-likeness (QED) is 0.743. The molecule has 0 aliphatic carbocycles. The van der Waals surface area contributed by atoms with Gasteiger partial charge in [0.05, 0.1) is 11.1 Å². The Bertz CT molecular complexity index is 649. The Morgan fingerprint density at radius 1 is 1.44 bits per heavy atom. The van der Waals surface area contributed by atoms with Gasteiger partial charge in [-0.25, -0.2) is 13.8 Å². The highest BCUT2D eigenvalue weighted by Gasteiger charge is 2.15. The van der Waals surface area contributed by atoms with Crippen LogP contribution in [0.15, 0.2) is 10.9 Å². The topological polar surface area (TPSA) is 62.8 Å². The average Bonchev–Trinajstić information content (AvgIpc) is 2.22. The first-order valence-electron chi connectivity index (χ1n) is 4.38. The fraction of sp³-hybridized carbons (Fsp3) is 0.100. The van der Waals surface area contributed by atoms with Crippen molar-refractivity contribution in [2.24, 2.45) is 0 Å². The molecule has 0 aliphatic heterocycles. The summed E-state index contributed by atoms with van der Waals surface area (Å²) < 4.78 is 26.8. The molecule has 82 valence electrons. The lowest BCUT2D eigenvalue weighted by Crippen LogP contribution is -2.13. The van der Waals surface area contributed by atoms with Crippen LogP contribution in [0.5, 0.6) is 0 Å². The normalized spacial score (nSPS) is 10.7. The van der Waals surface area contributed by atoms with E-state index in [4.69, 9.17) is 0 Å². The standard InChI is InChI=1S/C10H6F2N2O2/c1-4-10(16)14-9-7(13-4)2-6(11)5(3-15)8(9)12/h2-3H,1H3,(H,14,16). The van der Waals surface area contributed by atoms with Crippen LogP contribution in [-0.4, -0.2) is 16.3 Å². The van der Waals surface area contributed by atoms with Gasteiger partial charge in [-0.2, -0.15) is 0 Å². The Balaban J connectivity index is 2.99. The third-order valence-corrected chi connectivity index (χ3v) is 2.21. The van der Waals surface area contributed by atoms with E-state index in [0.717, 1.165) is 6.07 Å². The van der Waals surface area contributed by atoms with Gasteiger partial charge in [0.1, 0.15) is 17.0 Å². The summed E-state index contributed by atoms with van der Waals surface area (Å²) in [5.74, 6) is -2.10. The molecule has 0 fully saturated rings. The Kier molecular flexibility index (Phi) is 2.26. The number of aldehydes is 1. The van der Waals surface area contributed by atoms with Crippen LogP contribution in [0.2, 0.25) is 0 Å². The molecule has 2 rings (SSSR count). The van der Waals surface area contributed by atoms with Crippen LogP contribution in [0, 0.1) is 18.6 Å². The molecule has 0 atom stereocenters. The molecule has 1 aromatic heterocycles. The summed E-state index contributed by atoms with van der Waals surface area (Å²) in [5, 5.41) is 0. The molecule has 2 aromatic rings. The summed E-state index contributed by atoms with van der Waals surface area (Å²) in [7, 11) is 0. The number of benzene rings is 1. The summed E-state index contributed by atoms with van der Waals surface area (Å²) in [6, 6.07) is 0.908. The molecule has 16 heavy (non-hydrogen) atoms. The number of nitrogens with one attached hydrogen (secondary N) is 1. The van der Waals surface area contributed by atoms with Crippen LogP contribution in [0.1, 0.15) is 16.1 Å². The zero-order valence-electron chi connectivity index (χ0n) is 8.17. The van der Waals surface area contributed by atoms with Crippen molar-refractivity contribution in [2.75, 3.05) is 0 Å². The smallest absolute Gasteiger partial charge is 0.269 e. The maximum absolute atomic E-state index is 13.6. The fourth-order valence-corrected chi connectivity index (χ4v) is 1.37. The van der Waals surface area contributed by atoms with Gasteiger partial charge < -0.3 is 4.98 Å². The van der Waals surface area contributed by atoms with Gasteiger partial charge in [0.15, 0.2) is 12.1 Å². The summed E-state index contributed by atoms with van der Waals surface area (Å²) in [5.41, 5.74) is -1.48. The van der Waals surface area contributed by atoms with Crippen molar-refractivity contribution in [1.29, 1.82) is 0 Å². The molecule has 0 unspecified atom stereocenters. The van der Waals surface area contributed by atoms with Gasteiger partial charge in [-0.3, -0.25) is 9.59 Å². The molecule has 1 aromatic carbocycles. The predicted molar refractivity (Wildman–Crippen MR) is 52.4 cm³/mol. The molecule has 0 saturated carbocycles. The number of aromatic nitrogens is 2. The molecule has 0 aliphatic rings. The van der Waals surface area contributed by atoms with Crippen LogP contribution >= 0.6 is 0 Å². The van der Waals surface area contributed by atoms with Gasteiger partial charge in [0, 0.05) is 6.07 Å². The molecule has 0 spiro atoms. The maximum Gasteiger partial charge on any atom is 0.269 e. The van der Waals surface area contributed by atoms with Crippen molar-refractivity contribution in [3.63, 3.8) is 0 Å². The average molecular weight is 224 g/mol. The van der Waals surface area contributed by atoms with E-state index >= 15 is 0 Å². The highest BCUT2D eigenvalue weighted by molar-refractivity contribution is 5.85. The largest absolute Gasteiger partial charge is 0.317 e. The third-order valence-electron chi connectivity index (χ3n) is 2.21. The minimum absolute atomic E-state index is 0.0299. The lowest BCUT2D eigenvalue weighted by atomic mass is 10.2. The minimum atomic E-state index is -1.10. The van der Waals surface area contributed by atoms with Crippen molar-refractivity contribution in [2.45, 2.75) is 6.92 Å². The van der Waals surface area contributed by atoms with Crippen molar-refractivity contribution in [3.05, 3.63) is 39.3 Å². The number of fused-ring (bicyclic) bond motifs is 1. The van der Waals surface area contributed by atoms with Gasteiger partial charge in [-0.1, -0.05) is 0 Å². The van der Waals surface area contributed by atoms with Crippen molar-refractivity contribution < 1.29 is 13.6 Å². The van der Waals surface area contributed by atoms with Gasteiger partial charge in [-0.15, -0.1) is 0 Å². The Labute approximate surface area is 87.9 Å². The summed E-state index contributed by atoms with van der Waals surface area (Å²) in [6.07, 6.45) is 0.0578. The van der Waals surface area contributed by atoms with Gasteiger partial charge in [0.2, 0.25) is 0 Å². The van der Waals surface area contributed by atoms with E-state index in [1.807, 2.05) is 0 Å². The number of rotatable bonds is 1. The van der Waals surface area contributed by atoms with E-state index in [-0.39, 0.29) is 23.0 Å². The number of hydrogen-bond donors (Lipinski definition) is 1. The number of halogens is 2. The number of carbonyl (C=O) groups excluding carboxylic acids is 1. The number of carbonyl (C=O) groups is 1. The molecule has 6 heteroatoms. The Morgan fingerprint density at radius 3 is 2.75 bits per heavy atom. The first kappa shape index (κ1) is 10.4. The van der Waals surface area contributed by atoms with Crippen LogP contribution in [0.25, 0.3) is 11.0 Å². The molecule has 0 saturated heterocycles. The molecule has 0 amide bonds. The first-order chi connectivity index (χ1) is 7.54. The van der Waals surface area contributed by atoms with Gasteiger partial charge in [-0.05, 0) is 6.92 Å². The number of hydrogen-bond acceptors (Lipinski definition) is 3. The zero-order chi connectivity index (χ0) is 11.9. The first-order valence-corrected chi connectivity index (χ1v) is 4.38. The van der Waals surface area contributed by atoms with E-state index < -0.39 is 22.8 Å². The SMILES string of the molecule is Cc1nc2cc(F)c(C=O)c(F)c2[nH]c1=O. The van der Waals surface area contributed by atoms with Crippen LogP contribution in [0.4, 0.5) is 8.78 Å². The highest BCUT2D eigenvalue weighted by atomic mass is 19.1. The number of nitrogens with zero attached hydrogens (tertiary/aromatic N) is 1. The van der Waals surface area contributed by atoms with Crippen LogP contribution < -0.4 is 5.56 Å². The number of aromatic amines is 1. The Morgan fingerprint density at radius 2 is 2.12 bits per heavy atom. The summed E-state index contributed by atoms with van der Waals surface area (Å²) in [4.78, 5) is 27.6. The van der Waals surface area contributed by atoms with Crippen molar-refractivity contribution in [1.82, 2.24) is 9.97 Å². The van der Waals surface area contributed by atoms with Crippen molar-refractivity contribution >= 4 is 17.3 Å². The highest BCUT2D eigenvalue weighted by Crippen LogP contribution is 2.18. The minimum Gasteiger partial charge on any atom is -0.317 e. The second kappa shape index (κ2) is 3.48. The number of H-pyrrole nitrogens is 1. The number of aryl methyl sites for hydroxylation is 1. The van der Waals surface area contributed by atoms with E-state index in [9.17, 15) is 18.4 Å². The molecule has 1 heterocycles. The lowest BCUT2D eigenvalue weighted by molar-refractivity contribution is 0.111. The summed E-state index contributed by atoms with van der Waals surface area (Å²) in [6.45, 7) is 1.42. The predicted octanol–water partition coefficient (Wildman–Crippen LogP) is 1.32. The maximum atomic E-state index is 13.6. The second-order valence-electron chi connectivity index (χ2n) is 3.25. The monoisotopic (exact) mass is 224 g/mol. The van der Waals surface area contributed by atoms with Gasteiger partial charge >= 0.3 is 0 Å². The lowest BCUT2D eigenvalue weighted by Gasteiger charge is -2.03.